The Hall–Kier alpha value is -3.43. The van der Waals surface area contributed by atoms with Crippen LogP contribution in [0.4, 0.5) is 24.5 Å². The number of nitro groups is 1. The molecule has 2 aromatic carbocycles. The van der Waals surface area contributed by atoms with Crippen molar-refractivity contribution in [2.24, 2.45) is 0 Å². The number of carbonyl (C=O) groups excluding carboxylic acids is 2. The normalized spacial score (nSPS) is 12.2. The molecule has 0 amide bonds. The van der Waals surface area contributed by atoms with Crippen molar-refractivity contribution in [2.45, 2.75) is 26.1 Å². The molecule has 0 saturated carbocycles. The van der Waals surface area contributed by atoms with Crippen LogP contribution in [-0.2, 0) is 11.0 Å². The standard InChI is InChI=1S/C18H15F3N2O5/c1-10(17(25)28-14-6-3-12(4-7-14)11(2)24)22-15-8-5-13(18(19,20)21)9-16(15)23(26)27/h3-10,22H,1-2H3/t10-/m0/s1. The molecule has 0 radical (unpaired) electrons. The Balaban J connectivity index is 2.14. The van der Waals surface area contributed by atoms with E-state index in [2.05, 4.69) is 5.32 Å². The zero-order valence-corrected chi connectivity index (χ0v) is 14.7. The molecule has 2 rings (SSSR count). The number of nitrogens with zero attached hydrogens (tertiary/aromatic N) is 1. The van der Waals surface area contributed by atoms with Crippen molar-refractivity contribution in [3.8, 4) is 5.75 Å². The number of hydrogen-bond acceptors (Lipinski definition) is 6. The third-order valence-corrected chi connectivity index (χ3v) is 3.73. The number of carbonyl (C=O) groups is 2. The first-order valence-corrected chi connectivity index (χ1v) is 7.94. The Morgan fingerprint density at radius 2 is 1.75 bits per heavy atom. The highest BCUT2D eigenvalue weighted by Gasteiger charge is 2.33. The molecule has 0 saturated heterocycles. The quantitative estimate of drug-likeness (QED) is 0.258. The van der Waals surface area contributed by atoms with Gasteiger partial charge < -0.3 is 10.1 Å². The van der Waals surface area contributed by atoms with Gasteiger partial charge in [0.25, 0.3) is 5.69 Å². The molecule has 0 fully saturated rings. The van der Waals surface area contributed by atoms with E-state index < -0.39 is 34.4 Å². The van der Waals surface area contributed by atoms with Crippen molar-refractivity contribution in [1.29, 1.82) is 0 Å². The fourth-order valence-electron chi connectivity index (χ4n) is 2.24. The number of esters is 1. The molecule has 148 valence electrons. The highest BCUT2D eigenvalue weighted by molar-refractivity contribution is 5.94. The fourth-order valence-corrected chi connectivity index (χ4v) is 2.24. The highest BCUT2D eigenvalue weighted by Crippen LogP contribution is 2.35. The van der Waals surface area contributed by atoms with Gasteiger partial charge in [-0.3, -0.25) is 14.9 Å². The van der Waals surface area contributed by atoms with Crippen molar-refractivity contribution < 1.29 is 32.4 Å². The van der Waals surface area contributed by atoms with Gasteiger partial charge in [0.05, 0.1) is 10.5 Å². The predicted molar refractivity (Wildman–Crippen MR) is 93.3 cm³/mol. The summed E-state index contributed by atoms with van der Waals surface area (Å²) in [6, 6.07) is 6.58. The smallest absolute Gasteiger partial charge is 0.416 e. The van der Waals surface area contributed by atoms with Gasteiger partial charge in [-0.2, -0.15) is 13.2 Å². The zero-order valence-electron chi connectivity index (χ0n) is 14.7. The van der Waals surface area contributed by atoms with E-state index >= 15 is 0 Å². The van der Waals surface area contributed by atoms with Gasteiger partial charge in [-0.05, 0) is 50.2 Å². The summed E-state index contributed by atoms with van der Waals surface area (Å²) in [5.74, 6) is -0.835. The number of nitrogens with one attached hydrogen (secondary N) is 1. The van der Waals surface area contributed by atoms with Gasteiger partial charge in [0.1, 0.15) is 17.5 Å². The molecule has 1 N–H and O–H groups in total. The van der Waals surface area contributed by atoms with Crippen molar-refractivity contribution in [3.05, 3.63) is 63.7 Å². The Bertz CT molecular complexity index is 910. The van der Waals surface area contributed by atoms with Gasteiger partial charge in [0, 0.05) is 11.6 Å². The molecule has 28 heavy (non-hydrogen) atoms. The lowest BCUT2D eigenvalue weighted by Gasteiger charge is -2.15. The van der Waals surface area contributed by atoms with Crippen LogP contribution in [0.3, 0.4) is 0 Å². The van der Waals surface area contributed by atoms with Gasteiger partial charge in [0.15, 0.2) is 5.78 Å². The van der Waals surface area contributed by atoms with Crippen molar-refractivity contribution in [2.75, 3.05) is 5.32 Å². The minimum absolute atomic E-state index is 0.144. The van der Waals surface area contributed by atoms with Crippen molar-refractivity contribution in [1.82, 2.24) is 0 Å². The number of ketones is 1. The molecular weight excluding hydrogens is 381 g/mol. The van der Waals surface area contributed by atoms with E-state index in [4.69, 9.17) is 4.74 Å². The molecule has 0 bridgehead atoms. The molecular formula is C18H15F3N2O5. The Kier molecular flexibility index (Phi) is 6.02. The average Bonchev–Trinajstić information content (AvgIpc) is 2.61. The van der Waals surface area contributed by atoms with Gasteiger partial charge >= 0.3 is 12.1 Å². The minimum atomic E-state index is -4.74. The first kappa shape index (κ1) is 20.9. The number of ether oxygens (including phenoxy) is 1. The maximum Gasteiger partial charge on any atom is 0.416 e. The van der Waals surface area contributed by atoms with Crippen molar-refractivity contribution in [3.63, 3.8) is 0 Å². The van der Waals surface area contributed by atoms with E-state index in [0.29, 0.717) is 17.7 Å². The van der Waals surface area contributed by atoms with E-state index in [-0.39, 0.29) is 17.2 Å². The Morgan fingerprint density at radius 1 is 1.14 bits per heavy atom. The summed E-state index contributed by atoms with van der Waals surface area (Å²) in [5, 5.41) is 13.6. The van der Waals surface area contributed by atoms with Crippen LogP contribution in [0.5, 0.6) is 5.75 Å². The second-order valence-corrected chi connectivity index (χ2v) is 5.85. The van der Waals surface area contributed by atoms with Gasteiger partial charge in [-0.1, -0.05) is 0 Å². The summed E-state index contributed by atoms with van der Waals surface area (Å²) in [6.07, 6.45) is -4.74. The molecule has 0 heterocycles. The summed E-state index contributed by atoms with van der Waals surface area (Å²) < 4.78 is 43.3. The molecule has 2 aromatic rings. The van der Waals surface area contributed by atoms with Crippen LogP contribution in [-0.4, -0.2) is 22.7 Å². The molecule has 1 atom stereocenters. The minimum Gasteiger partial charge on any atom is -0.425 e. The number of alkyl halides is 3. The first-order valence-electron chi connectivity index (χ1n) is 7.94. The SMILES string of the molecule is CC(=O)c1ccc(OC(=O)[C@H](C)Nc2ccc(C(F)(F)F)cc2[N+](=O)[O-])cc1. The maximum absolute atomic E-state index is 12.7. The summed E-state index contributed by atoms with van der Waals surface area (Å²) in [6.45, 7) is 2.72. The van der Waals surface area contributed by atoms with Crippen LogP contribution < -0.4 is 10.1 Å². The summed E-state index contributed by atoms with van der Waals surface area (Å²) >= 11 is 0. The molecule has 0 aliphatic rings. The number of rotatable bonds is 6. The molecule has 0 aliphatic carbocycles. The highest BCUT2D eigenvalue weighted by atomic mass is 19.4. The van der Waals surface area contributed by atoms with Gasteiger partial charge in [-0.15, -0.1) is 0 Å². The average molecular weight is 396 g/mol. The van der Waals surface area contributed by atoms with E-state index in [1.54, 1.807) is 0 Å². The molecule has 0 aromatic heterocycles. The molecule has 10 heteroatoms. The summed E-state index contributed by atoms with van der Waals surface area (Å²) in [5.41, 5.74) is -1.83. The number of halogens is 3. The van der Waals surface area contributed by atoms with E-state index in [1.165, 1.54) is 38.1 Å². The lowest BCUT2D eigenvalue weighted by Crippen LogP contribution is -2.30. The van der Waals surface area contributed by atoms with Crippen LogP contribution in [0.1, 0.15) is 29.8 Å². The zero-order chi connectivity index (χ0) is 21.1. The largest absolute Gasteiger partial charge is 0.425 e. The second-order valence-electron chi connectivity index (χ2n) is 5.85. The lowest BCUT2D eigenvalue weighted by atomic mass is 10.1. The van der Waals surface area contributed by atoms with Crippen molar-refractivity contribution >= 4 is 23.1 Å². The number of nitro benzene ring substituents is 1. The summed E-state index contributed by atoms with van der Waals surface area (Å²) in [4.78, 5) is 33.5. The van der Waals surface area contributed by atoms with E-state index in [1.807, 2.05) is 0 Å². The number of benzene rings is 2. The van der Waals surface area contributed by atoms with Crippen LogP contribution in [0.2, 0.25) is 0 Å². The van der Waals surface area contributed by atoms with E-state index in [0.717, 1.165) is 6.07 Å². The topological polar surface area (TPSA) is 98.5 Å². The maximum atomic E-state index is 12.7. The van der Waals surface area contributed by atoms with Crippen LogP contribution in [0.25, 0.3) is 0 Å². The third-order valence-electron chi connectivity index (χ3n) is 3.73. The van der Waals surface area contributed by atoms with Crippen LogP contribution in [0.15, 0.2) is 42.5 Å². The predicted octanol–water partition coefficient (Wildman–Crippen LogP) is 4.22. The molecule has 0 aliphatic heterocycles. The van der Waals surface area contributed by atoms with Gasteiger partial charge in [-0.25, -0.2) is 4.79 Å². The Morgan fingerprint density at radius 3 is 2.25 bits per heavy atom. The lowest BCUT2D eigenvalue weighted by molar-refractivity contribution is -0.384. The fraction of sp³-hybridized carbons (Fsp3) is 0.222. The second kappa shape index (κ2) is 8.07. The molecule has 7 nitrogen and oxygen atoms in total. The molecule has 0 unspecified atom stereocenters. The monoisotopic (exact) mass is 396 g/mol. The number of anilines is 1. The summed E-state index contributed by atoms with van der Waals surface area (Å²) in [7, 11) is 0. The van der Waals surface area contributed by atoms with Gasteiger partial charge in [0.2, 0.25) is 0 Å². The first-order chi connectivity index (χ1) is 13.0. The Labute approximate surface area is 157 Å². The number of Topliss-reactive ketones (excluding diaryl/α,β-unsaturated/α-hetero) is 1. The van der Waals surface area contributed by atoms with E-state index in [9.17, 15) is 32.9 Å². The van der Waals surface area contributed by atoms with Crippen LogP contribution >= 0.6 is 0 Å². The number of hydrogen-bond donors (Lipinski definition) is 1. The molecule has 0 spiro atoms. The van der Waals surface area contributed by atoms with Crippen LogP contribution in [0, 0.1) is 10.1 Å². The third kappa shape index (κ3) is 5.06.